The van der Waals surface area contributed by atoms with Gasteiger partial charge in [0.2, 0.25) is 0 Å². The zero-order chi connectivity index (χ0) is 16.6. The van der Waals surface area contributed by atoms with E-state index in [0.29, 0.717) is 17.9 Å². The number of nitrogens with one attached hydrogen (secondary N) is 1. The number of rotatable bonds is 4. The molecule has 0 saturated heterocycles. The summed E-state index contributed by atoms with van der Waals surface area (Å²) in [5.74, 6) is -0.196. The molecule has 0 fully saturated rings. The maximum Gasteiger partial charge on any atom is 0.270 e. The smallest absolute Gasteiger partial charge is 0.270 e. The first-order chi connectivity index (χ1) is 11.0. The number of carbonyl (C=O) groups excluding carboxylic acids is 1. The molecule has 7 nitrogen and oxygen atoms in total. The summed E-state index contributed by atoms with van der Waals surface area (Å²) in [4.78, 5) is 16.8. The van der Waals surface area contributed by atoms with Crippen LogP contribution in [0.1, 0.15) is 40.1 Å². The third kappa shape index (κ3) is 2.81. The summed E-state index contributed by atoms with van der Waals surface area (Å²) in [5, 5.41) is 11.5. The third-order valence-electron chi connectivity index (χ3n) is 3.90. The van der Waals surface area contributed by atoms with E-state index in [4.69, 9.17) is 0 Å². The molecule has 0 radical (unpaired) electrons. The maximum absolute atomic E-state index is 12.4. The van der Waals surface area contributed by atoms with Gasteiger partial charge in [0, 0.05) is 36.1 Å². The van der Waals surface area contributed by atoms with Crippen LogP contribution in [-0.4, -0.2) is 30.3 Å². The van der Waals surface area contributed by atoms with Gasteiger partial charge >= 0.3 is 0 Å². The Balaban J connectivity index is 1.79. The van der Waals surface area contributed by atoms with Gasteiger partial charge in [-0.25, -0.2) is 9.50 Å². The molecule has 3 aromatic heterocycles. The molecule has 0 saturated carbocycles. The summed E-state index contributed by atoms with van der Waals surface area (Å²) in [6.07, 6.45) is 1.79. The molecule has 0 bridgehead atoms. The van der Waals surface area contributed by atoms with E-state index in [1.54, 1.807) is 16.8 Å². The molecule has 0 aliphatic heterocycles. The highest BCUT2D eigenvalue weighted by atomic mass is 16.1. The SMILES string of the molecule is CCn1ncc(CNC(=O)c2cc(C)n3nc(C)cc3n2)c1C. The molecule has 7 heteroatoms. The highest BCUT2D eigenvalue weighted by molar-refractivity contribution is 5.92. The van der Waals surface area contributed by atoms with Crippen molar-refractivity contribution in [2.45, 2.75) is 40.8 Å². The molecular formula is C16H20N6O. The van der Waals surface area contributed by atoms with Crippen molar-refractivity contribution in [3.63, 3.8) is 0 Å². The van der Waals surface area contributed by atoms with Gasteiger partial charge in [-0.05, 0) is 33.8 Å². The first-order valence-corrected chi connectivity index (χ1v) is 7.63. The van der Waals surface area contributed by atoms with E-state index in [0.717, 1.165) is 29.2 Å². The summed E-state index contributed by atoms with van der Waals surface area (Å²) in [5.41, 5.74) is 4.92. The van der Waals surface area contributed by atoms with Gasteiger partial charge in [-0.2, -0.15) is 10.2 Å². The molecule has 0 atom stereocenters. The minimum atomic E-state index is -0.196. The third-order valence-corrected chi connectivity index (χ3v) is 3.90. The van der Waals surface area contributed by atoms with Crippen molar-refractivity contribution in [2.24, 2.45) is 0 Å². The number of carbonyl (C=O) groups is 1. The predicted molar refractivity (Wildman–Crippen MR) is 86.3 cm³/mol. The number of nitrogens with zero attached hydrogens (tertiary/aromatic N) is 5. The van der Waals surface area contributed by atoms with E-state index in [9.17, 15) is 4.79 Å². The van der Waals surface area contributed by atoms with Gasteiger partial charge < -0.3 is 5.32 Å². The summed E-state index contributed by atoms with van der Waals surface area (Å²) in [6.45, 7) is 9.11. The fourth-order valence-electron chi connectivity index (χ4n) is 2.60. The minimum absolute atomic E-state index is 0.196. The van der Waals surface area contributed by atoms with Crippen molar-refractivity contribution in [1.82, 2.24) is 29.7 Å². The summed E-state index contributed by atoms with van der Waals surface area (Å²) in [6, 6.07) is 3.61. The molecule has 3 aromatic rings. The van der Waals surface area contributed by atoms with Crippen molar-refractivity contribution in [1.29, 1.82) is 0 Å². The second-order valence-electron chi connectivity index (χ2n) is 5.59. The quantitative estimate of drug-likeness (QED) is 0.797. The van der Waals surface area contributed by atoms with Crippen LogP contribution >= 0.6 is 0 Å². The monoisotopic (exact) mass is 312 g/mol. The Bertz CT molecular complexity index is 876. The zero-order valence-electron chi connectivity index (χ0n) is 13.8. The first-order valence-electron chi connectivity index (χ1n) is 7.63. The van der Waals surface area contributed by atoms with E-state index in [2.05, 4.69) is 20.5 Å². The van der Waals surface area contributed by atoms with Gasteiger partial charge in [0.25, 0.3) is 5.91 Å². The number of amides is 1. The Hall–Kier alpha value is -2.70. The van der Waals surface area contributed by atoms with E-state index < -0.39 is 0 Å². The molecule has 3 rings (SSSR count). The molecule has 0 aromatic carbocycles. The Kier molecular flexibility index (Phi) is 3.85. The Labute approximate surface area is 134 Å². The molecule has 1 amide bonds. The Morgan fingerprint density at radius 3 is 2.74 bits per heavy atom. The van der Waals surface area contributed by atoms with Crippen LogP contribution in [0, 0.1) is 20.8 Å². The highest BCUT2D eigenvalue weighted by Crippen LogP contribution is 2.10. The van der Waals surface area contributed by atoms with Crippen molar-refractivity contribution >= 4 is 11.6 Å². The lowest BCUT2D eigenvalue weighted by Gasteiger charge is -2.07. The standard InChI is InChI=1S/C16H20N6O/c1-5-21-12(4)13(9-18-21)8-17-16(23)14-7-11(3)22-15(19-14)6-10(2)20-22/h6-7,9H,5,8H2,1-4H3,(H,17,23). The largest absolute Gasteiger partial charge is 0.346 e. The molecule has 0 spiro atoms. The first kappa shape index (κ1) is 15.2. The predicted octanol–water partition coefficient (Wildman–Crippen LogP) is 1.80. The fraction of sp³-hybridized carbons (Fsp3) is 0.375. The molecule has 23 heavy (non-hydrogen) atoms. The van der Waals surface area contributed by atoms with Crippen LogP contribution in [0.5, 0.6) is 0 Å². The van der Waals surface area contributed by atoms with E-state index in [-0.39, 0.29) is 5.91 Å². The van der Waals surface area contributed by atoms with Gasteiger partial charge in [0.15, 0.2) is 5.65 Å². The van der Waals surface area contributed by atoms with Gasteiger partial charge in [-0.1, -0.05) is 0 Å². The van der Waals surface area contributed by atoms with E-state index in [1.807, 2.05) is 38.4 Å². The molecule has 0 aliphatic rings. The Morgan fingerprint density at radius 1 is 1.26 bits per heavy atom. The molecule has 0 aliphatic carbocycles. The van der Waals surface area contributed by atoms with Gasteiger partial charge in [-0.3, -0.25) is 9.48 Å². The van der Waals surface area contributed by atoms with E-state index >= 15 is 0 Å². The Morgan fingerprint density at radius 2 is 2.04 bits per heavy atom. The number of fused-ring (bicyclic) bond motifs is 1. The molecule has 0 unspecified atom stereocenters. The minimum Gasteiger partial charge on any atom is -0.346 e. The van der Waals surface area contributed by atoms with Crippen molar-refractivity contribution < 1.29 is 4.79 Å². The lowest BCUT2D eigenvalue weighted by atomic mass is 10.2. The number of aryl methyl sites for hydroxylation is 3. The molecular weight excluding hydrogens is 292 g/mol. The molecule has 1 N–H and O–H groups in total. The van der Waals surface area contributed by atoms with Crippen molar-refractivity contribution in [3.8, 4) is 0 Å². The van der Waals surface area contributed by atoms with Crippen LogP contribution in [0.3, 0.4) is 0 Å². The normalized spacial score (nSPS) is 11.1. The summed E-state index contributed by atoms with van der Waals surface area (Å²) < 4.78 is 3.65. The average Bonchev–Trinajstić information content (AvgIpc) is 3.07. The number of aromatic nitrogens is 5. The van der Waals surface area contributed by atoms with Crippen molar-refractivity contribution in [3.05, 3.63) is 46.7 Å². The van der Waals surface area contributed by atoms with E-state index in [1.165, 1.54) is 0 Å². The topological polar surface area (TPSA) is 77.1 Å². The van der Waals surface area contributed by atoms with Gasteiger partial charge in [-0.15, -0.1) is 0 Å². The van der Waals surface area contributed by atoms with Crippen LogP contribution in [0.15, 0.2) is 18.3 Å². The summed E-state index contributed by atoms with van der Waals surface area (Å²) >= 11 is 0. The summed E-state index contributed by atoms with van der Waals surface area (Å²) in [7, 11) is 0. The maximum atomic E-state index is 12.4. The van der Waals surface area contributed by atoms with Crippen LogP contribution in [0.2, 0.25) is 0 Å². The number of hydrogen-bond donors (Lipinski definition) is 1. The van der Waals surface area contributed by atoms with Crippen LogP contribution < -0.4 is 5.32 Å². The van der Waals surface area contributed by atoms with Crippen molar-refractivity contribution in [2.75, 3.05) is 0 Å². The lowest BCUT2D eigenvalue weighted by Crippen LogP contribution is -2.24. The van der Waals surface area contributed by atoms with Crippen LogP contribution in [-0.2, 0) is 13.1 Å². The molecule has 3 heterocycles. The second kappa shape index (κ2) is 5.83. The molecule has 120 valence electrons. The van der Waals surface area contributed by atoms with Gasteiger partial charge in [0.05, 0.1) is 11.9 Å². The second-order valence-corrected chi connectivity index (χ2v) is 5.59. The zero-order valence-corrected chi connectivity index (χ0v) is 13.8. The average molecular weight is 312 g/mol. The number of hydrogen-bond acceptors (Lipinski definition) is 4. The fourth-order valence-corrected chi connectivity index (χ4v) is 2.60. The highest BCUT2D eigenvalue weighted by Gasteiger charge is 2.13. The van der Waals surface area contributed by atoms with Crippen LogP contribution in [0.25, 0.3) is 5.65 Å². The lowest BCUT2D eigenvalue weighted by molar-refractivity contribution is 0.0946. The van der Waals surface area contributed by atoms with Gasteiger partial charge in [0.1, 0.15) is 5.69 Å². The van der Waals surface area contributed by atoms with Crippen LogP contribution in [0.4, 0.5) is 0 Å².